The van der Waals surface area contributed by atoms with E-state index < -0.39 is 28.5 Å². The van der Waals surface area contributed by atoms with Crippen molar-refractivity contribution in [1.29, 1.82) is 0 Å². The molecule has 2 amide bonds. The predicted octanol–water partition coefficient (Wildman–Crippen LogP) is 5.98. The Morgan fingerprint density at radius 2 is 1.46 bits per heavy atom. The van der Waals surface area contributed by atoms with Crippen LogP contribution in [0.15, 0.2) is 102 Å². The van der Waals surface area contributed by atoms with E-state index >= 15 is 0 Å². The Balaban J connectivity index is 1.83. The Hall–Kier alpha value is -4.63. The molecular formula is C37H43N3O5S. The molecule has 1 unspecified atom stereocenters. The summed E-state index contributed by atoms with van der Waals surface area (Å²) < 4.78 is 35.1. The first-order valence-electron chi connectivity index (χ1n) is 15.4. The van der Waals surface area contributed by atoms with Crippen LogP contribution in [0.2, 0.25) is 0 Å². The molecule has 0 fully saturated rings. The van der Waals surface area contributed by atoms with Gasteiger partial charge in [-0.15, -0.1) is 0 Å². The minimum Gasteiger partial charge on any atom is -0.497 e. The number of hydrogen-bond donors (Lipinski definition) is 1. The third-order valence-electron chi connectivity index (χ3n) is 7.69. The van der Waals surface area contributed by atoms with E-state index in [1.54, 1.807) is 49.6 Å². The van der Waals surface area contributed by atoms with Gasteiger partial charge in [-0.1, -0.05) is 73.2 Å². The maximum Gasteiger partial charge on any atom is 0.264 e. The van der Waals surface area contributed by atoms with Gasteiger partial charge in [-0.3, -0.25) is 13.9 Å². The number of aryl methyl sites for hydroxylation is 3. The Bertz CT molecular complexity index is 1720. The lowest BCUT2D eigenvalue weighted by molar-refractivity contribution is -0.140. The Morgan fingerprint density at radius 1 is 0.804 bits per heavy atom. The molecule has 0 saturated heterocycles. The molecule has 4 aromatic carbocycles. The lowest BCUT2D eigenvalue weighted by atomic mass is 10.0. The monoisotopic (exact) mass is 641 g/mol. The number of ether oxygens (including phenoxy) is 1. The van der Waals surface area contributed by atoms with Crippen molar-refractivity contribution in [2.75, 3.05) is 24.5 Å². The minimum absolute atomic E-state index is 0.0678. The molecule has 8 nitrogen and oxygen atoms in total. The highest BCUT2D eigenvalue weighted by atomic mass is 32.2. The SMILES string of the molecule is CCCNC(=O)C(Cc1ccccc1)N(Cc1cccc(OC)c1)C(=O)CN(c1cc(C)cc(C)c1)S(=O)(=O)c1ccc(C)cc1. The van der Waals surface area contributed by atoms with Crippen molar-refractivity contribution in [3.63, 3.8) is 0 Å². The van der Waals surface area contributed by atoms with Crippen LogP contribution >= 0.6 is 0 Å². The summed E-state index contributed by atoms with van der Waals surface area (Å²) in [5.41, 5.74) is 4.64. The molecule has 4 rings (SSSR count). The van der Waals surface area contributed by atoms with Crippen LogP contribution in [0, 0.1) is 20.8 Å². The van der Waals surface area contributed by atoms with Crippen molar-refractivity contribution in [3.8, 4) is 5.75 Å². The Labute approximate surface area is 273 Å². The molecule has 0 radical (unpaired) electrons. The fourth-order valence-corrected chi connectivity index (χ4v) is 6.75. The van der Waals surface area contributed by atoms with Crippen molar-refractivity contribution in [1.82, 2.24) is 10.2 Å². The van der Waals surface area contributed by atoms with Crippen LogP contribution in [0.3, 0.4) is 0 Å². The molecule has 0 aliphatic rings. The zero-order valence-corrected chi connectivity index (χ0v) is 28.0. The number of anilines is 1. The third kappa shape index (κ3) is 8.75. The topological polar surface area (TPSA) is 96.0 Å². The van der Waals surface area contributed by atoms with Crippen molar-refractivity contribution < 1.29 is 22.7 Å². The fraction of sp³-hybridized carbons (Fsp3) is 0.297. The van der Waals surface area contributed by atoms with Crippen LogP contribution in [-0.4, -0.2) is 51.4 Å². The molecule has 1 N–H and O–H groups in total. The highest BCUT2D eigenvalue weighted by molar-refractivity contribution is 7.92. The maximum atomic E-state index is 14.6. The maximum absolute atomic E-state index is 14.6. The van der Waals surface area contributed by atoms with Gasteiger partial charge in [0.05, 0.1) is 17.7 Å². The number of amides is 2. The van der Waals surface area contributed by atoms with Gasteiger partial charge in [0.2, 0.25) is 11.8 Å². The lowest BCUT2D eigenvalue weighted by Crippen LogP contribution is -2.53. The summed E-state index contributed by atoms with van der Waals surface area (Å²) in [4.78, 5) is 30.0. The Morgan fingerprint density at radius 3 is 2.09 bits per heavy atom. The lowest BCUT2D eigenvalue weighted by Gasteiger charge is -2.34. The number of carbonyl (C=O) groups is 2. The highest BCUT2D eigenvalue weighted by Gasteiger charge is 2.34. The number of benzene rings is 4. The average Bonchev–Trinajstić information content (AvgIpc) is 3.04. The Kier molecular flexibility index (Phi) is 11.6. The van der Waals surface area contributed by atoms with E-state index in [9.17, 15) is 18.0 Å². The van der Waals surface area contributed by atoms with Gasteiger partial charge in [-0.2, -0.15) is 0 Å². The fourth-order valence-electron chi connectivity index (χ4n) is 5.35. The van der Waals surface area contributed by atoms with Gasteiger partial charge in [-0.05, 0) is 85.8 Å². The normalized spacial score (nSPS) is 11.8. The van der Waals surface area contributed by atoms with Crippen LogP contribution in [-0.2, 0) is 32.6 Å². The third-order valence-corrected chi connectivity index (χ3v) is 9.48. The molecule has 1 atom stereocenters. The van der Waals surface area contributed by atoms with Crippen molar-refractivity contribution in [2.45, 2.75) is 58.0 Å². The van der Waals surface area contributed by atoms with Crippen molar-refractivity contribution >= 4 is 27.5 Å². The highest BCUT2D eigenvalue weighted by Crippen LogP contribution is 2.27. The summed E-state index contributed by atoms with van der Waals surface area (Å²) in [5.74, 6) is -0.203. The van der Waals surface area contributed by atoms with Gasteiger partial charge < -0.3 is 15.0 Å². The average molecular weight is 642 g/mol. The van der Waals surface area contributed by atoms with Gasteiger partial charge in [-0.25, -0.2) is 8.42 Å². The second-order valence-electron chi connectivity index (χ2n) is 11.5. The number of rotatable bonds is 14. The van der Waals surface area contributed by atoms with Crippen LogP contribution in [0.4, 0.5) is 5.69 Å². The standard InChI is InChI=1S/C37H43N3O5S/c1-6-19-38-37(42)35(24-30-11-8-7-9-12-30)39(25-31-13-10-14-33(23-31)45-5)36(41)26-40(32-21-28(3)20-29(4)22-32)46(43,44)34-17-15-27(2)16-18-34/h7-18,20-23,35H,6,19,24-26H2,1-5H3,(H,38,42). The molecule has 0 aliphatic heterocycles. The van der Waals surface area contributed by atoms with Crippen LogP contribution in [0.1, 0.15) is 41.2 Å². The van der Waals surface area contributed by atoms with Gasteiger partial charge in [0.1, 0.15) is 18.3 Å². The van der Waals surface area contributed by atoms with E-state index in [-0.39, 0.29) is 23.8 Å². The van der Waals surface area contributed by atoms with E-state index in [2.05, 4.69) is 5.32 Å². The minimum atomic E-state index is -4.17. The van der Waals surface area contributed by atoms with Gasteiger partial charge in [0.15, 0.2) is 0 Å². The summed E-state index contributed by atoms with van der Waals surface area (Å²) in [5, 5.41) is 2.97. The van der Waals surface area contributed by atoms with E-state index in [1.165, 1.54) is 4.90 Å². The number of nitrogens with one attached hydrogen (secondary N) is 1. The summed E-state index contributed by atoms with van der Waals surface area (Å²) in [6, 6.07) is 27.9. The number of hydrogen-bond acceptors (Lipinski definition) is 5. The first-order chi connectivity index (χ1) is 22.0. The van der Waals surface area contributed by atoms with Crippen LogP contribution < -0.4 is 14.4 Å². The van der Waals surface area contributed by atoms with Crippen LogP contribution in [0.25, 0.3) is 0 Å². The van der Waals surface area contributed by atoms with E-state index in [1.807, 2.05) is 82.3 Å². The molecule has 9 heteroatoms. The van der Waals surface area contributed by atoms with Gasteiger partial charge in [0.25, 0.3) is 10.0 Å². The van der Waals surface area contributed by atoms with Gasteiger partial charge >= 0.3 is 0 Å². The van der Waals surface area contributed by atoms with E-state index in [4.69, 9.17) is 4.74 Å². The number of carbonyl (C=O) groups excluding carboxylic acids is 2. The van der Waals surface area contributed by atoms with E-state index in [0.29, 0.717) is 18.0 Å². The molecule has 0 saturated carbocycles. The largest absolute Gasteiger partial charge is 0.497 e. The molecule has 0 spiro atoms. The van der Waals surface area contributed by atoms with Gasteiger partial charge in [0, 0.05) is 19.5 Å². The van der Waals surface area contributed by atoms with Crippen molar-refractivity contribution in [2.24, 2.45) is 0 Å². The summed E-state index contributed by atoms with van der Waals surface area (Å²) in [7, 11) is -2.60. The first-order valence-corrected chi connectivity index (χ1v) is 16.9. The molecule has 0 aliphatic carbocycles. The van der Waals surface area contributed by atoms with Crippen LogP contribution in [0.5, 0.6) is 5.75 Å². The molecule has 4 aromatic rings. The zero-order valence-electron chi connectivity index (χ0n) is 27.2. The molecule has 0 aromatic heterocycles. The second kappa shape index (κ2) is 15.6. The first kappa shape index (κ1) is 34.2. The van der Waals surface area contributed by atoms with Crippen molar-refractivity contribution in [3.05, 3.63) is 125 Å². The second-order valence-corrected chi connectivity index (χ2v) is 13.4. The molecule has 0 bridgehead atoms. The summed E-state index contributed by atoms with van der Waals surface area (Å²) in [6.07, 6.45) is 0.975. The molecule has 0 heterocycles. The smallest absolute Gasteiger partial charge is 0.264 e. The quantitative estimate of drug-likeness (QED) is 0.183. The number of methoxy groups -OCH3 is 1. The number of nitrogens with zero attached hydrogens (tertiary/aromatic N) is 2. The molecule has 46 heavy (non-hydrogen) atoms. The summed E-state index contributed by atoms with van der Waals surface area (Å²) in [6.45, 7) is 7.63. The zero-order chi connectivity index (χ0) is 33.3. The summed E-state index contributed by atoms with van der Waals surface area (Å²) >= 11 is 0. The van der Waals surface area contributed by atoms with E-state index in [0.717, 1.165) is 38.5 Å². The molecular weight excluding hydrogens is 598 g/mol. The predicted molar refractivity (Wildman–Crippen MR) is 182 cm³/mol. The number of sulfonamides is 1. The molecule has 242 valence electrons.